The fourth-order valence-electron chi connectivity index (χ4n) is 2.51. The van der Waals surface area contributed by atoms with Gasteiger partial charge in [0.25, 0.3) is 0 Å². The molecule has 0 saturated heterocycles. The van der Waals surface area contributed by atoms with Crippen LogP contribution >= 0.6 is 0 Å². The van der Waals surface area contributed by atoms with Gasteiger partial charge < -0.3 is 10.6 Å². The van der Waals surface area contributed by atoms with Gasteiger partial charge in [-0.1, -0.05) is 36.4 Å². The van der Waals surface area contributed by atoms with Crippen molar-refractivity contribution in [1.29, 1.82) is 0 Å². The van der Waals surface area contributed by atoms with E-state index in [0.29, 0.717) is 12.6 Å². The highest BCUT2D eigenvalue weighted by molar-refractivity contribution is 5.48. The minimum Gasteiger partial charge on any atom is -0.350 e. The summed E-state index contributed by atoms with van der Waals surface area (Å²) in [7, 11) is 0. The number of pyridine rings is 1. The Morgan fingerprint density at radius 2 is 1.86 bits per heavy atom. The molecule has 2 rings (SSSR count). The minimum absolute atomic E-state index is 0.400. The van der Waals surface area contributed by atoms with Gasteiger partial charge in [0.2, 0.25) is 0 Å². The van der Waals surface area contributed by atoms with Crippen LogP contribution in [0.5, 0.6) is 0 Å². The molecule has 0 aliphatic rings. The fraction of sp³-hybridized carbons (Fsp3) is 0.389. The number of hydrogen-bond donors (Lipinski definition) is 1. The summed E-state index contributed by atoms with van der Waals surface area (Å²) in [5.41, 5.74) is 9.35. The van der Waals surface area contributed by atoms with E-state index in [2.05, 4.69) is 61.0 Å². The molecule has 3 heteroatoms. The predicted octanol–water partition coefficient (Wildman–Crippen LogP) is 3.31. The Balaban J connectivity index is 2.26. The molecule has 0 aliphatic heterocycles. The average molecular weight is 283 g/mol. The normalized spacial score (nSPS) is 10.9. The van der Waals surface area contributed by atoms with E-state index in [1.165, 1.54) is 16.7 Å². The van der Waals surface area contributed by atoms with Crippen LogP contribution in [0.3, 0.4) is 0 Å². The maximum atomic E-state index is 5.62. The van der Waals surface area contributed by atoms with Gasteiger partial charge in [-0.05, 0) is 50.4 Å². The van der Waals surface area contributed by atoms with Crippen LogP contribution in [0, 0.1) is 6.92 Å². The van der Waals surface area contributed by atoms with Crippen LogP contribution in [0.1, 0.15) is 30.5 Å². The van der Waals surface area contributed by atoms with Gasteiger partial charge in [0.1, 0.15) is 5.82 Å². The first-order valence-corrected chi connectivity index (χ1v) is 7.58. The Kier molecular flexibility index (Phi) is 5.34. The molecule has 112 valence electrons. The second-order valence-electron chi connectivity index (χ2n) is 5.73. The Hall–Kier alpha value is -1.87. The highest BCUT2D eigenvalue weighted by atomic mass is 15.2. The summed E-state index contributed by atoms with van der Waals surface area (Å²) in [6, 6.07) is 13.1. The van der Waals surface area contributed by atoms with Gasteiger partial charge in [-0.2, -0.15) is 0 Å². The second-order valence-corrected chi connectivity index (χ2v) is 5.73. The van der Waals surface area contributed by atoms with Crippen molar-refractivity contribution < 1.29 is 0 Å². The maximum Gasteiger partial charge on any atom is 0.131 e. The SMILES string of the molecule is Cc1cc(CCN)cnc1N(Cc1ccccc1)C(C)C. The van der Waals surface area contributed by atoms with Crippen LogP contribution in [0.4, 0.5) is 5.82 Å². The van der Waals surface area contributed by atoms with Crippen LogP contribution in [0.15, 0.2) is 42.6 Å². The Bertz CT molecular complexity index is 564. The van der Waals surface area contributed by atoms with E-state index in [4.69, 9.17) is 5.73 Å². The second kappa shape index (κ2) is 7.23. The number of hydrogen-bond acceptors (Lipinski definition) is 3. The van der Waals surface area contributed by atoms with Crippen LogP contribution in [0.2, 0.25) is 0 Å². The molecule has 2 N–H and O–H groups in total. The first kappa shape index (κ1) is 15.5. The number of nitrogens with two attached hydrogens (primary N) is 1. The standard InChI is InChI=1S/C18H25N3/c1-14(2)21(13-16-7-5-4-6-8-16)18-15(3)11-17(9-10-19)12-20-18/h4-8,11-12,14H,9-10,13,19H2,1-3H3. The molecule has 0 saturated carbocycles. The highest BCUT2D eigenvalue weighted by Gasteiger charge is 2.15. The monoisotopic (exact) mass is 283 g/mol. The number of benzene rings is 1. The largest absolute Gasteiger partial charge is 0.350 e. The van der Waals surface area contributed by atoms with Crippen molar-refractivity contribution in [1.82, 2.24) is 4.98 Å². The summed E-state index contributed by atoms with van der Waals surface area (Å²) < 4.78 is 0. The van der Waals surface area contributed by atoms with Crippen LogP contribution in [-0.4, -0.2) is 17.6 Å². The third kappa shape index (κ3) is 4.05. The molecule has 0 spiro atoms. The van der Waals surface area contributed by atoms with E-state index in [0.717, 1.165) is 18.8 Å². The lowest BCUT2D eigenvalue weighted by Gasteiger charge is -2.29. The molecule has 0 unspecified atom stereocenters. The van der Waals surface area contributed by atoms with Crippen LogP contribution in [0.25, 0.3) is 0 Å². The van der Waals surface area contributed by atoms with Gasteiger partial charge in [0.05, 0.1) is 0 Å². The van der Waals surface area contributed by atoms with Gasteiger partial charge in [0.15, 0.2) is 0 Å². The molecule has 0 amide bonds. The molecule has 21 heavy (non-hydrogen) atoms. The lowest BCUT2D eigenvalue weighted by Crippen LogP contribution is -2.31. The molecule has 0 radical (unpaired) electrons. The van der Waals surface area contributed by atoms with Crippen molar-refractivity contribution in [3.63, 3.8) is 0 Å². The molecule has 0 fully saturated rings. The van der Waals surface area contributed by atoms with Gasteiger partial charge >= 0.3 is 0 Å². The molecular formula is C18H25N3. The first-order chi connectivity index (χ1) is 10.1. The Morgan fingerprint density at radius 1 is 1.14 bits per heavy atom. The zero-order valence-corrected chi connectivity index (χ0v) is 13.2. The van der Waals surface area contributed by atoms with E-state index in [1.807, 2.05) is 12.3 Å². The van der Waals surface area contributed by atoms with E-state index in [1.54, 1.807) is 0 Å². The molecule has 1 aromatic heterocycles. The molecule has 1 aromatic carbocycles. The van der Waals surface area contributed by atoms with Gasteiger partial charge in [0, 0.05) is 18.8 Å². The number of nitrogens with zero attached hydrogens (tertiary/aromatic N) is 2. The molecule has 1 heterocycles. The van der Waals surface area contributed by atoms with Crippen LogP contribution in [-0.2, 0) is 13.0 Å². The molecule has 2 aromatic rings. The highest BCUT2D eigenvalue weighted by Crippen LogP contribution is 2.22. The Labute approximate surface area is 127 Å². The predicted molar refractivity (Wildman–Crippen MR) is 89.5 cm³/mol. The lowest BCUT2D eigenvalue weighted by atomic mass is 10.1. The number of rotatable bonds is 6. The lowest BCUT2D eigenvalue weighted by molar-refractivity contribution is 0.669. The molecular weight excluding hydrogens is 258 g/mol. The minimum atomic E-state index is 0.400. The summed E-state index contributed by atoms with van der Waals surface area (Å²) in [6.07, 6.45) is 2.84. The zero-order chi connectivity index (χ0) is 15.2. The third-order valence-corrected chi connectivity index (χ3v) is 3.63. The number of aryl methyl sites for hydroxylation is 1. The first-order valence-electron chi connectivity index (χ1n) is 7.58. The number of aromatic nitrogens is 1. The van der Waals surface area contributed by atoms with Crippen molar-refractivity contribution in [3.8, 4) is 0 Å². The van der Waals surface area contributed by atoms with Crippen molar-refractivity contribution in [2.45, 2.75) is 39.8 Å². The maximum absolute atomic E-state index is 5.62. The van der Waals surface area contributed by atoms with E-state index in [-0.39, 0.29) is 0 Å². The van der Waals surface area contributed by atoms with Crippen LogP contribution < -0.4 is 10.6 Å². The number of anilines is 1. The smallest absolute Gasteiger partial charge is 0.131 e. The third-order valence-electron chi connectivity index (χ3n) is 3.63. The van der Waals surface area contributed by atoms with E-state index in [9.17, 15) is 0 Å². The molecule has 0 bridgehead atoms. The summed E-state index contributed by atoms with van der Waals surface area (Å²) in [5, 5.41) is 0. The molecule has 3 nitrogen and oxygen atoms in total. The summed E-state index contributed by atoms with van der Waals surface area (Å²) in [5.74, 6) is 1.06. The topological polar surface area (TPSA) is 42.1 Å². The molecule has 0 aliphatic carbocycles. The average Bonchev–Trinajstić information content (AvgIpc) is 2.47. The van der Waals surface area contributed by atoms with Gasteiger partial charge in [-0.25, -0.2) is 4.98 Å². The van der Waals surface area contributed by atoms with Crippen molar-refractivity contribution in [2.24, 2.45) is 5.73 Å². The van der Waals surface area contributed by atoms with E-state index >= 15 is 0 Å². The van der Waals surface area contributed by atoms with Gasteiger partial charge in [-0.15, -0.1) is 0 Å². The summed E-state index contributed by atoms with van der Waals surface area (Å²) in [6.45, 7) is 8.08. The Morgan fingerprint density at radius 3 is 2.43 bits per heavy atom. The van der Waals surface area contributed by atoms with E-state index < -0.39 is 0 Å². The summed E-state index contributed by atoms with van der Waals surface area (Å²) in [4.78, 5) is 7.03. The van der Waals surface area contributed by atoms with Gasteiger partial charge in [-0.3, -0.25) is 0 Å². The van der Waals surface area contributed by atoms with Crippen molar-refractivity contribution in [3.05, 3.63) is 59.3 Å². The van der Waals surface area contributed by atoms with Crippen molar-refractivity contribution >= 4 is 5.82 Å². The zero-order valence-electron chi connectivity index (χ0n) is 13.2. The molecule has 0 atom stereocenters. The quantitative estimate of drug-likeness (QED) is 0.884. The summed E-state index contributed by atoms with van der Waals surface area (Å²) >= 11 is 0. The fourth-order valence-corrected chi connectivity index (χ4v) is 2.51. The van der Waals surface area contributed by atoms with Crippen molar-refractivity contribution in [2.75, 3.05) is 11.4 Å².